The van der Waals surface area contributed by atoms with E-state index in [1.807, 2.05) is 12.1 Å². The zero-order chi connectivity index (χ0) is 13.0. The molecule has 18 heavy (non-hydrogen) atoms. The second-order valence-electron chi connectivity index (χ2n) is 4.81. The number of nitrogens with two attached hydrogens (primary N) is 1. The molecule has 1 aliphatic heterocycles. The number of rotatable bonds is 5. The second kappa shape index (κ2) is 6.02. The predicted molar refractivity (Wildman–Crippen MR) is 68.9 cm³/mol. The molecule has 0 saturated carbocycles. The smallest absolute Gasteiger partial charge is 0.236 e. The maximum atomic E-state index is 11.5. The van der Waals surface area contributed by atoms with Gasteiger partial charge in [0.25, 0.3) is 0 Å². The zero-order valence-corrected chi connectivity index (χ0v) is 10.8. The van der Waals surface area contributed by atoms with E-state index in [-0.39, 0.29) is 11.9 Å². The van der Waals surface area contributed by atoms with Crippen LogP contribution in [0.3, 0.4) is 0 Å². The Morgan fingerprint density at radius 2 is 2.28 bits per heavy atom. The predicted octanol–water partition coefficient (Wildman–Crippen LogP) is 0.880. The van der Waals surface area contributed by atoms with Crippen molar-refractivity contribution in [3.05, 3.63) is 24.2 Å². The van der Waals surface area contributed by atoms with Gasteiger partial charge in [-0.2, -0.15) is 0 Å². The molecule has 0 aromatic carbocycles. The fourth-order valence-electron chi connectivity index (χ4n) is 2.30. The molecular formula is C13H21N3O2. The van der Waals surface area contributed by atoms with Crippen LogP contribution in [0, 0.1) is 0 Å². The molecule has 2 atom stereocenters. The van der Waals surface area contributed by atoms with E-state index in [0.717, 1.165) is 18.8 Å². The number of hydrogen-bond acceptors (Lipinski definition) is 4. The van der Waals surface area contributed by atoms with Crippen LogP contribution >= 0.6 is 0 Å². The third-order valence-corrected chi connectivity index (χ3v) is 3.34. The maximum Gasteiger partial charge on any atom is 0.236 e. The van der Waals surface area contributed by atoms with Crippen LogP contribution in [0.15, 0.2) is 22.8 Å². The van der Waals surface area contributed by atoms with Gasteiger partial charge in [-0.15, -0.1) is 0 Å². The number of likely N-dealkylation sites (tertiary alicyclic amines) is 1. The number of carbonyl (C=O) groups excluding carboxylic acids is 1. The van der Waals surface area contributed by atoms with Crippen molar-refractivity contribution in [3.8, 4) is 0 Å². The molecule has 0 spiro atoms. The fourth-order valence-corrected chi connectivity index (χ4v) is 2.30. The van der Waals surface area contributed by atoms with Crippen molar-refractivity contribution in [2.24, 2.45) is 5.73 Å². The molecule has 0 bridgehead atoms. The van der Waals surface area contributed by atoms with Crippen LogP contribution in [0.2, 0.25) is 0 Å². The Labute approximate surface area is 107 Å². The van der Waals surface area contributed by atoms with Gasteiger partial charge in [0.1, 0.15) is 5.76 Å². The minimum atomic E-state index is -0.471. The first-order chi connectivity index (χ1) is 8.68. The van der Waals surface area contributed by atoms with Crippen molar-refractivity contribution in [1.82, 2.24) is 10.2 Å². The number of carbonyl (C=O) groups is 1. The van der Waals surface area contributed by atoms with Crippen LogP contribution < -0.4 is 11.1 Å². The molecule has 0 radical (unpaired) electrons. The van der Waals surface area contributed by atoms with Crippen molar-refractivity contribution in [3.63, 3.8) is 0 Å². The van der Waals surface area contributed by atoms with Gasteiger partial charge >= 0.3 is 0 Å². The lowest BCUT2D eigenvalue weighted by Crippen LogP contribution is -2.43. The molecule has 100 valence electrons. The number of hydrogen-bond donors (Lipinski definition) is 2. The highest BCUT2D eigenvalue weighted by atomic mass is 16.3. The summed E-state index contributed by atoms with van der Waals surface area (Å²) in [7, 11) is 0. The van der Waals surface area contributed by atoms with Gasteiger partial charge < -0.3 is 15.5 Å². The summed E-state index contributed by atoms with van der Waals surface area (Å²) in [6.07, 6.45) is 4.09. The van der Waals surface area contributed by atoms with Gasteiger partial charge in [0.15, 0.2) is 0 Å². The Morgan fingerprint density at radius 3 is 2.83 bits per heavy atom. The summed E-state index contributed by atoms with van der Waals surface area (Å²) in [4.78, 5) is 13.9. The first-order valence-corrected chi connectivity index (χ1v) is 6.49. The first kappa shape index (κ1) is 13.1. The van der Waals surface area contributed by atoms with Crippen LogP contribution in [0.1, 0.15) is 31.6 Å². The standard InChI is InChI=1S/C13H21N3O2/c1-10(14)13(17)15-9-11(12-5-4-8-18-12)16-6-2-3-7-16/h4-5,8,10-11H,2-3,6-7,9,14H2,1H3,(H,15,17)/t10-,11?/m1/s1. The Bertz CT molecular complexity index is 370. The monoisotopic (exact) mass is 251 g/mol. The third kappa shape index (κ3) is 3.11. The van der Waals surface area contributed by atoms with Crippen molar-refractivity contribution in [2.75, 3.05) is 19.6 Å². The van der Waals surface area contributed by atoms with Crippen LogP contribution in [0.4, 0.5) is 0 Å². The number of furan rings is 1. The first-order valence-electron chi connectivity index (χ1n) is 6.49. The van der Waals surface area contributed by atoms with E-state index in [0.29, 0.717) is 6.54 Å². The summed E-state index contributed by atoms with van der Waals surface area (Å²) >= 11 is 0. The highest BCUT2D eigenvalue weighted by Gasteiger charge is 2.26. The molecule has 1 unspecified atom stereocenters. The molecule has 2 heterocycles. The molecule has 0 aliphatic carbocycles. The second-order valence-corrected chi connectivity index (χ2v) is 4.81. The maximum absolute atomic E-state index is 11.5. The lowest BCUT2D eigenvalue weighted by Gasteiger charge is -2.26. The number of nitrogens with zero attached hydrogens (tertiary/aromatic N) is 1. The van der Waals surface area contributed by atoms with Crippen molar-refractivity contribution >= 4 is 5.91 Å². The average molecular weight is 251 g/mol. The van der Waals surface area contributed by atoms with Crippen LogP contribution in [-0.2, 0) is 4.79 Å². The molecule has 3 N–H and O–H groups in total. The molecule has 5 heteroatoms. The molecule has 5 nitrogen and oxygen atoms in total. The Balaban J connectivity index is 1.99. The summed E-state index contributed by atoms with van der Waals surface area (Å²) in [5.74, 6) is 0.785. The van der Waals surface area contributed by atoms with Crippen molar-refractivity contribution < 1.29 is 9.21 Å². The van der Waals surface area contributed by atoms with Gasteiger partial charge in [-0.25, -0.2) is 0 Å². The van der Waals surface area contributed by atoms with E-state index in [9.17, 15) is 4.79 Å². The lowest BCUT2D eigenvalue weighted by atomic mass is 10.2. The minimum absolute atomic E-state index is 0.116. The van der Waals surface area contributed by atoms with Gasteiger partial charge in [0.2, 0.25) is 5.91 Å². The van der Waals surface area contributed by atoms with Gasteiger partial charge in [0, 0.05) is 6.54 Å². The van der Waals surface area contributed by atoms with E-state index in [1.165, 1.54) is 12.8 Å². The summed E-state index contributed by atoms with van der Waals surface area (Å²) in [6.45, 7) is 4.35. The molecule has 1 fully saturated rings. The molecule has 1 aromatic heterocycles. The van der Waals surface area contributed by atoms with E-state index < -0.39 is 6.04 Å². The van der Waals surface area contributed by atoms with Crippen LogP contribution in [0.5, 0.6) is 0 Å². The topological polar surface area (TPSA) is 71.5 Å². The van der Waals surface area contributed by atoms with Gasteiger partial charge in [-0.1, -0.05) is 0 Å². The summed E-state index contributed by atoms with van der Waals surface area (Å²) < 4.78 is 5.48. The van der Waals surface area contributed by atoms with E-state index in [1.54, 1.807) is 13.2 Å². The molecule has 1 amide bonds. The minimum Gasteiger partial charge on any atom is -0.468 e. The third-order valence-electron chi connectivity index (χ3n) is 3.34. The van der Waals surface area contributed by atoms with Crippen LogP contribution in [-0.4, -0.2) is 36.5 Å². The highest BCUT2D eigenvalue weighted by Crippen LogP contribution is 2.24. The van der Waals surface area contributed by atoms with E-state index in [2.05, 4.69) is 10.2 Å². The van der Waals surface area contributed by atoms with Crippen molar-refractivity contribution in [1.29, 1.82) is 0 Å². The summed E-state index contributed by atoms with van der Waals surface area (Å²) in [5.41, 5.74) is 5.55. The molecular weight excluding hydrogens is 230 g/mol. The average Bonchev–Trinajstić information content (AvgIpc) is 3.01. The molecule has 1 aromatic rings. The highest BCUT2D eigenvalue weighted by molar-refractivity contribution is 5.80. The SMILES string of the molecule is C[C@@H](N)C(=O)NCC(c1ccco1)N1CCCC1. The molecule has 1 aliphatic rings. The Kier molecular flexibility index (Phi) is 4.38. The zero-order valence-electron chi connectivity index (χ0n) is 10.8. The van der Waals surface area contributed by atoms with E-state index in [4.69, 9.17) is 10.2 Å². The molecule has 1 saturated heterocycles. The summed E-state index contributed by atoms with van der Waals surface area (Å²) in [6, 6.07) is 3.48. The largest absolute Gasteiger partial charge is 0.468 e. The molecule has 2 rings (SSSR count). The summed E-state index contributed by atoms with van der Waals surface area (Å²) in [5, 5.41) is 2.88. The van der Waals surface area contributed by atoms with Crippen LogP contribution in [0.25, 0.3) is 0 Å². The normalized spacial score (nSPS) is 19.7. The number of amides is 1. The van der Waals surface area contributed by atoms with Gasteiger partial charge in [-0.05, 0) is 45.0 Å². The fraction of sp³-hybridized carbons (Fsp3) is 0.615. The lowest BCUT2D eigenvalue weighted by molar-refractivity contribution is -0.122. The van der Waals surface area contributed by atoms with Crippen molar-refractivity contribution in [2.45, 2.75) is 31.8 Å². The quantitative estimate of drug-likeness (QED) is 0.815. The Hall–Kier alpha value is -1.33. The van der Waals surface area contributed by atoms with E-state index >= 15 is 0 Å². The van der Waals surface area contributed by atoms with Gasteiger partial charge in [0.05, 0.1) is 18.3 Å². The van der Waals surface area contributed by atoms with Gasteiger partial charge in [-0.3, -0.25) is 9.69 Å². The Morgan fingerprint density at radius 1 is 1.56 bits per heavy atom. The number of nitrogens with one attached hydrogen (secondary N) is 1.